The molecule has 0 fully saturated rings. The van der Waals surface area contributed by atoms with Crippen LogP contribution in [0.2, 0.25) is 0 Å². The first-order valence-electron chi connectivity index (χ1n) is 4.28. The highest BCUT2D eigenvalue weighted by Crippen LogP contribution is 2.30. The molecule has 1 rings (SSSR count). The second-order valence-electron chi connectivity index (χ2n) is 3.05. The third-order valence-electron chi connectivity index (χ3n) is 2.01. The molecule has 2 nitrogen and oxygen atoms in total. The van der Waals surface area contributed by atoms with Crippen LogP contribution < -0.4 is 4.90 Å². The number of anilines is 1. The van der Waals surface area contributed by atoms with E-state index in [1.807, 2.05) is 5.92 Å². The Balaban J connectivity index is 2.97. The van der Waals surface area contributed by atoms with Gasteiger partial charge in [0.15, 0.2) is 0 Å². The first-order chi connectivity index (χ1) is 7.36. The minimum Gasteiger partial charge on any atom is -0.305 e. The van der Waals surface area contributed by atoms with E-state index in [-0.39, 0.29) is 0 Å². The quantitative estimate of drug-likeness (QED) is 0.674. The fourth-order valence-electron chi connectivity index (χ4n) is 1.09. The number of amides is 1. The first kappa shape index (κ1) is 12.1. The van der Waals surface area contributed by atoms with Crippen LogP contribution in [0.5, 0.6) is 0 Å². The highest BCUT2D eigenvalue weighted by molar-refractivity contribution is 6.04. The maximum atomic E-state index is 12.2. The van der Waals surface area contributed by atoms with Crippen LogP contribution in [0.25, 0.3) is 0 Å². The predicted octanol–water partition coefficient (Wildman–Crippen LogP) is 2.30. The molecular weight excluding hydrogens is 219 g/mol. The predicted molar refractivity (Wildman–Crippen MR) is 53.7 cm³/mol. The molecule has 0 N–H and O–H groups in total. The molecule has 1 amide bonds. The van der Waals surface area contributed by atoms with Gasteiger partial charge in [0.1, 0.15) is 0 Å². The van der Waals surface area contributed by atoms with Crippen molar-refractivity contribution in [3.8, 4) is 12.3 Å². The number of nitrogens with zero attached hydrogens (tertiary/aromatic N) is 1. The zero-order valence-corrected chi connectivity index (χ0v) is 8.38. The number of benzene rings is 1. The summed E-state index contributed by atoms with van der Waals surface area (Å²) in [7, 11) is 1.39. The summed E-state index contributed by atoms with van der Waals surface area (Å²) in [6, 6.07) is 4.18. The van der Waals surface area contributed by atoms with Gasteiger partial charge in [-0.3, -0.25) is 4.79 Å². The lowest BCUT2D eigenvalue weighted by molar-refractivity contribution is -0.137. The van der Waals surface area contributed by atoms with E-state index in [2.05, 4.69) is 0 Å². The van der Waals surface area contributed by atoms with Gasteiger partial charge in [0.05, 0.1) is 5.56 Å². The van der Waals surface area contributed by atoms with Crippen LogP contribution in [-0.2, 0) is 11.0 Å². The van der Waals surface area contributed by atoms with E-state index in [1.54, 1.807) is 0 Å². The molecule has 0 unspecified atom stereocenters. The SMILES string of the molecule is C#CC(=O)N(C)c1ccc(C(F)(F)F)cc1. The normalized spacial score (nSPS) is 10.7. The fourth-order valence-corrected chi connectivity index (χ4v) is 1.09. The summed E-state index contributed by atoms with van der Waals surface area (Å²) in [6.07, 6.45) is 0.507. The lowest BCUT2D eigenvalue weighted by Crippen LogP contribution is -2.24. The molecule has 1 aromatic rings. The van der Waals surface area contributed by atoms with Gasteiger partial charge >= 0.3 is 12.1 Å². The van der Waals surface area contributed by atoms with Crippen molar-refractivity contribution in [2.45, 2.75) is 6.18 Å². The zero-order chi connectivity index (χ0) is 12.3. The maximum absolute atomic E-state index is 12.2. The van der Waals surface area contributed by atoms with Crippen LogP contribution in [0.3, 0.4) is 0 Å². The molecule has 84 valence electrons. The summed E-state index contributed by atoms with van der Waals surface area (Å²) in [5.41, 5.74) is -0.450. The van der Waals surface area contributed by atoms with E-state index in [0.717, 1.165) is 17.0 Å². The Hall–Kier alpha value is -1.96. The average Bonchev–Trinajstić information content (AvgIpc) is 2.26. The van der Waals surface area contributed by atoms with Crippen molar-refractivity contribution in [3.63, 3.8) is 0 Å². The van der Waals surface area contributed by atoms with E-state index in [9.17, 15) is 18.0 Å². The van der Waals surface area contributed by atoms with Crippen LogP contribution in [0, 0.1) is 12.3 Å². The monoisotopic (exact) mass is 227 g/mol. The van der Waals surface area contributed by atoms with E-state index in [0.29, 0.717) is 5.69 Å². The van der Waals surface area contributed by atoms with Gasteiger partial charge in [0.2, 0.25) is 0 Å². The van der Waals surface area contributed by atoms with Gasteiger partial charge in [-0.2, -0.15) is 13.2 Å². The maximum Gasteiger partial charge on any atom is 0.416 e. The van der Waals surface area contributed by atoms with Gasteiger partial charge in [-0.05, 0) is 30.2 Å². The molecule has 0 aliphatic carbocycles. The van der Waals surface area contributed by atoms with E-state index in [4.69, 9.17) is 6.42 Å². The van der Waals surface area contributed by atoms with Crippen molar-refractivity contribution in [3.05, 3.63) is 29.8 Å². The summed E-state index contributed by atoms with van der Waals surface area (Å²) in [4.78, 5) is 12.2. The molecule has 0 spiro atoms. The molecule has 0 radical (unpaired) electrons. The zero-order valence-electron chi connectivity index (χ0n) is 8.38. The molecular formula is C11H8F3NO. The van der Waals surface area contributed by atoms with Crippen LogP contribution in [0.1, 0.15) is 5.56 Å². The minimum atomic E-state index is -4.38. The van der Waals surface area contributed by atoms with Crippen molar-refractivity contribution in [2.75, 3.05) is 11.9 Å². The standard InChI is InChI=1S/C11H8F3NO/c1-3-10(16)15(2)9-6-4-8(5-7-9)11(12,13)14/h1,4-7H,2H3. The highest BCUT2D eigenvalue weighted by Gasteiger charge is 2.30. The molecule has 0 saturated carbocycles. The highest BCUT2D eigenvalue weighted by atomic mass is 19.4. The van der Waals surface area contributed by atoms with Gasteiger partial charge in [0, 0.05) is 12.7 Å². The molecule has 0 aliphatic heterocycles. The molecule has 1 aromatic carbocycles. The van der Waals surface area contributed by atoms with E-state index < -0.39 is 17.6 Å². The molecule has 16 heavy (non-hydrogen) atoms. The molecule has 5 heteroatoms. The Morgan fingerprint density at radius 1 is 1.31 bits per heavy atom. The summed E-state index contributed by atoms with van der Waals surface area (Å²) < 4.78 is 36.7. The number of alkyl halides is 3. The largest absolute Gasteiger partial charge is 0.416 e. The van der Waals surface area contributed by atoms with E-state index in [1.165, 1.54) is 19.2 Å². The van der Waals surface area contributed by atoms with Gasteiger partial charge in [0.25, 0.3) is 0 Å². The molecule has 0 heterocycles. The van der Waals surface area contributed by atoms with Crippen molar-refractivity contribution < 1.29 is 18.0 Å². The lowest BCUT2D eigenvalue weighted by Gasteiger charge is -2.14. The Bertz CT molecular complexity index is 428. The van der Waals surface area contributed by atoms with Crippen LogP contribution in [0.15, 0.2) is 24.3 Å². The number of carbonyl (C=O) groups is 1. The Morgan fingerprint density at radius 3 is 2.19 bits per heavy atom. The molecule has 0 aliphatic rings. The van der Waals surface area contributed by atoms with Crippen molar-refractivity contribution in [1.82, 2.24) is 0 Å². The second-order valence-corrected chi connectivity index (χ2v) is 3.05. The lowest BCUT2D eigenvalue weighted by atomic mass is 10.2. The minimum absolute atomic E-state index is 0.316. The van der Waals surface area contributed by atoms with Gasteiger partial charge in [-0.1, -0.05) is 0 Å². The fraction of sp³-hybridized carbons (Fsp3) is 0.182. The third-order valence-corrected chi connectivity index (χ3v) is 2.01. The van der Waals surface area contributed by atoms with Crippen molar-refractivity contribution >= 4 is 11.6 Å². The molecule has 0 saturated heterocycles. The Morgan fingerprint density at radius 2 is 1.81 bits per heavy atom. The van der Waals surface area contributed by atoms with Gasteiger partial charge in [-0.25, -0.2) is 0 Å². The van der Waals surface area contributed by atoms with Gasteiger partial charge in [-0.15, -0.1) is 6.42 Å². The average molecular weight is 227 g/mol. The summed E-state index contributed by atoms with van der Waals surface area (Å²) in [5.74, 6) is 1.26. The number of hydrogen-bond donors (Lipinski definition) is 0. The Labute approximate surface area is 90.7 Å². The first-order valence-corrected chi connectivity index (χ1v) is 4.28. The van der Waals surface area contributed by atoms with E-state index >= 15 is 0 Å². The van der Waals surface area contributed by atoms with Crippen molar-refractivity contribution in [2.24, 2.45) is 0 Å². The van der Waals surface area contributed by atoms with Crippen molar-refractivity contribution in [1.29, 1.82) is 0 Å². The number of carbonyl (C=O) groups excluding carboxylic acids is 1. The molecule has 0 bridgehead atoms. The Kier molecular flexibility index (Phi) is 3.23. The van der Waals surface area contributed by atoms with Gasteiger partial charge < -0.3 is 4.90 Å². The van der Waals surface area contributed by atoms with Crippen LogP contribution in [-0.4, -0.2) is 13.0 Å². The summed E-state index contributed by atoms with van der Waals surface area (Å²) in [6.45, 7) is 0. The number of hydrogen-bond acceptors (Lipinski definition) is 1. The number of terminal acetylenes is 1. The summed E-state index contributed by atoms with van der Waals surface area (Å²) in [5, 5.41) is 0. The third kappa shape index (κ3) is 2.54. The smallest absolute Gasteiger partial charge is 0.305 e. The molecule has 0 atom stereocenters. The van der Waals surface area contributed by atoms with Crippen LogP contribution in [0.4, 0.5) is 18.9 Å². The second kappa shape index (κ2) is 4.27. The van der Waals surface area contributed by atoms with Crippen LogP contribution >= 0.6 is 0 Å². The number of rotatable bonds is 1. The topological polar surface area (TPSA) is 20.3 Å². The number of halogens is 3. The summed E-state index contributed by atoms with van der Waals surface area (Å²) >= 11 is 0. The molecule has 0 aromatic heterocycles.